The lowest BCUT2D eigenvalue weighted by molar-refractivity contribution is -0.120. The largest absolute Gasteiger partial charge is 0.486 e. The summed E-state index contributed by atoms with van der Waals surface area (Å²) in [5.41, 5.74) is 1.80. The van der Waals surface area contributed by atoms with Gasteiger partial charge in [-0.15, -0.1) is 0 Å². The lowest BCUT2D eigenvalue weighted by Crippen LogP contribution is -2.39. The SMILES string of the molecule is NS(=O)(=O)c1ccc(CC(=O)NCC2(c3ccc4c(c3)OCCO4)CCCC2)cc1. The number of amides is 1. The molecular weight excluding hydrogens is 404 g/mol. The molecule has 1 amide bonds. The molecule has 2 aromatic rings. The van der Waals surface area contributed by atoms with Gasteiger partial charge < -0.3 is 14.8 Å². The summed E-state index contributed by atoms with van der Waals surface area (Å²) in [6, 6.07) is 12.2. The van der Waals surface area contributed by atoms with Gasteiger partial charge in [-0.25, -0.2) is 13.6 Å². The van der Waals surface area contributed by atoms with Crippen LogP contribution >= 0.6 is 0 Å². The van der Waals surface area contributed by atoms with Crippen molar-refractivity contribution >= 4 is 15.9 Å². The van der Waals surface area contributed by atoms with Gasteiger partial charge in [-0.05, 0) is 48.2 Å². The monoisotopic (exact) mass is 430 g/mol. The molecule has 0 radical (unpaired) electrons. The van der Waals surface area contributed by atoms with Crippen molar-refractivity contribution in [3.63, 3.8) is 0 Å². The van der Waals surface area contributed by atoms with Gasteiger partial charge in [0.25, 0.3) is 0 Å². The first kappa shape index (κ1) is 20.7. The number of sulfonamides is 1. The van der Waals surface area contributed by atoms with E-state index in [1.807, 2.05) is 6.07 Å². The number of ether oxygens (including phenoxy) is 2. The van der Waals surface area contributed by atoms with Crippen LogP contribution in [0.2, 0.25) is 0 Å². The van der Waals surface area contributed by atoms with Gasteiger partial charge in [-0.1, -0.05) is 31.0 Å². The van der Waals surface area contributed by atoms with E-state index in [1.165, 1.54) is 17.7 Å². The zero-order valence-corrected chi connectivity index (χ0v) is 17.5. The lowest BCUT2D eigenvalue weighted by atomic mass is 9.78. The Kier molecular flexibility index (Phi) is 5.71. The van der Waals surface area contributed by atoms with E-state index in [1.54, 1.807) is 12.1 Å². The van der Waals surface area contributed by atoms with Crippen LogP contribution in [0.1, 0.15) is 36.8 Å². The quantitative estimate of drug-likeness (QED) is 0.731. The van der Waals surface area contributed by atoms with E-state index in [4.69, 9.17) is 14.6 Å². The molecule has 4 rings (SSSR count). The molecule has 1 fully saturated rings. The van der Waals surface area contributed by atoms with Crippen molar-refractivity contribution in [1.82, 2.24) is 5.32 Å². The van der Waals surface area contributed by atoms with Gasteiger partial charge in [0, 0.05) is 12.0 Å². The van der Waals surface area contributed by atoms with E-state index < -0.39 is 10.0 Å². The Hall–Kier alpha value is -2.58. The van der Waals surface area contributed by atoms with Crippen LogP contribution in [0.5, 0.6) is 11.5 Å². The standard InChI is InChI=1S/C22H26N2O5S/c23-30(26,27)18-6-3-16(4-7-18)13-21(25)24-15-22(9-1-2-10-22)17-5-8-19-20(14-17)29-12-11-28-19/h3-8,14H,1-2,9-13,15H2,(H,24,25)(H2,23,26,27). The molecule has 2 aromatic carbocycles. The van der Waals surface area contributed by atoms with Crippen molar-refractivity contribution in [3.05, 3.63) is 53.6 Å². The van der Waals surface area contributed by atoms with Crippen molar-refractivity contribution in [2.45, 2.75) is 42.4 Å². The Morgan fingerprint density at radius 1 is 1.00 bits per heavy atom. The molecule has 8 heteroatoms. The topological polar surface area (TPSA) is 108 Å². The minimum Gasteiger partial charge on any atom is -0.486 e. The van der Waals surface area contributed by atoms with E-state index in [2.05, 4.69) is 17.4 Å². The highest BCUT2D eigenvalue weighted by Gasteiger charge is 2.36. The van der Waals surface area contributed by atoms with Crippen LogP contribution in [0, 0.1) is 0 Å². The van der Waals surface area contributed by atoms with E-state index in [-0.39, 0.29) is 22.6 Å². The number of carbonyl (C=O) groups is 1. The molecule has 0 unspecified atom stereocenters. The molecule has 1 heterocycles. The highest BCUT2D eigenvalue weighted by atomic mass is 32.2. The normalized spacial score (nSPS) is 17.5. The molecule has 160 valence electrons. The summed E-state index contributed by atoms with van der Waals surface area (Å²) < 4.78 is 34.1. The average molecular weight is 431 g/mol. The maximum Gasteiger partial charge on any atom is 0.238 e. The molecule has 3 N–H and O–H groups in total. The number of benzene rings is 2. The third kappa shape index (κ3) is 4.44. The van der Waals surface area contributed by atoms with Crippen molar-refractivity contribution in [2.24, 2.45) is 5.14 Å². The predicted molar refractivity (Wildman–Crippen MR) is 112 cm³/mol. The number of hydrogen-bond acceptors (Lipinski definition) is 5. The van der Waals surface area contributed by atoms with Gasteiger partial charge >= 0.3 is 0 Å². The Bertz CT molecular complexity index is 1030. The summed E-state index contributed by atoms with van der Waals surface area (Å²) >= 11 is 0. The minimum atomic E-state index is -3.73. The molecule has 1 aliphatic carbocycles. The zero-order valence-electron chi connectivity index (χ0n) is 16.7. The third-order valence-corrected chi connectivity index (χ3v) is 6.88. The van der Waals surface area contributed by atoms with Gasteiger partial charge in [-0.3, -0.25) is 4.79 Å². The summed E-state index contributed by atoms with van der Waals surface area (Å²) in [4.78, 5) is 12.6. The van der Waals surface area contributed by atoms with Crippen LogP contribution in [0.3, 0.4) is 0 Å². The van der Waals surface area contributed by atoms with Gasteiger partial charge in [0.2, 0.25) is 15.9 Å². The van der Waals surface area contributed by atoms with Gasteiger partial charge in [-0.2, -0.15) is 0 Å². The average Bonchev–Trinajstić information content (AvgIpc) is 3.22. The van der Waals surface area contributed by atoms with Crippen LogP contribution in [0.4, 0.5) is 0 Å². The number of carbonyl (C=O) groups excluding carboxylic acids is 1. The van der Waals surface area contributed by atoms with Crippen molar-refractivity contribution < 1.29 is 22.7 Å². The first-order valence-corrected chi connectivity index (χ1v) is 11.7. The van der Waals surface area contributed by atoms with E-state index in [0.717, 1.165) is 42.7 Å². The Morgan fingerprint density at radius 2 is 1.67 bits per heavy atom. The summed E-state index contributed by atoms with van der Waals surface area (Å²) in [5, 5.41) is 8.20. The van der Waals surface area contributed by atoms with E-state index in [0.29, 0.717) is 19.8 Å². The lowest BCUT2D eigenvalue weighted by Gasteiger charge is -2.31. The Morgan fingerprint density at radius 3 is 2.33 bits per heavy atom. The van der Waals surface area contributed by atoms with Gasteiger partial charge in [0.05, 0.1) is 11.3 Å². The highest BCUT2D eigenvalue weighted by Crippen LogP contribution is 2.43. The number of nitrogens with two attached hydrogens (primary N) is 1. The smallest absolute Gasteiger partial charge is 0.238 e. The summed E-state index contributed by atoms with van der Waals surface area (Å²) in [7, 11) is -3.73. The van der Waals surface area contributed by atoms with Crippen LogP contribution in [0.25, 0.3) is 0 Å². The zero-order chi connectivity index (χ0) is 21.2. The fraction of sp³-hybridized carbons (Fsp3) is 0.409. The van der Waals surface area contributed by atoms with E-state index in [9.17, 15) is 13.2 Å². The summed E-state index contributed by atoms with van der Waals surface area (Å²) in [6.45, 7) is 1.66. The van der Waals surface area contributed by atoms with Crippen molar-refractivity contribution in [2.75, 3.05) is 19.8 Å². The second kappa shape index (κ2) is 8.28. The summed E-state index contributed by atoms with van der Waals surface area (Å²) in [6.07, 6.45) is 4.45. The molecule has 30 heavy (non-hydrogen) atoms. The number of fused-ring (bicyclic) bond motifs is 1. The molecule has 1 aliphatic heterocycles. The van der Waals surface area contributed by atoms with Crippen LogP contribution in [0.15, 0.2) is 47.4 Å². The maximum absolute atomic E-state index is 12.6. The van der Waals surface area contributed by atoms with E-state index >= 15 is 0 Å². The first-order chi connectivity index (χ1) is 14.4. The van der Waals surface area contributed by atoms with Crippen molar-refractivity contribution in [3.8, 4) is 11.5 Å². The Labute approximate surface area is 176 Å². The van der Waals surface area contributed by atoms with Crippen LogP contribution < -0.4 is 19.9 Å². The number of primary sulfonamides is 1. The number of hydrogen-bond donors (Lipinski definition) is 2. The van der Waals surface area contributed by atoms with Gasteiger partial charge in [0.1, 0.15) is 13.2 Å². The molecule has 0 aromatic heterocycles. The molecule has 0 atom stereocenters. The second-order valence-corrected chi connectivity index (χ2v) is 9.55. The Balaban J connectivity index is 1.43. The first-order valence-electron chi connectivity index (χ1n) is 10.1. The third-order valence-electron chi connectivity index (χ3n) is 5.96. The van der Waals surface area contributed by atoms with Crippen LogP contribution in [-0.2, 0) is 26.7 Å². The fourth-order valence-electron chi connectivity index (χ4n) is 4.31. The predicted octanol–water partition coefficient (Wildman–Crippen LogP) is 2.28. The van der Waals surface area contributed by atoms with Crippen molar-refractivity contribution in [1.29, 1.82) is 0 Å². The molecule has 2 aliphatic rings. The number of rotatable bonds is 6. The maximum atomic E-state index is 12.6. The number of nitrogens with one attached hydrogen (secondary N) is 1. The van der Waals surface area contributed by atoms with Crippen LogP contribution in [-0.4, -0.2) is 34.1 Å². The molecule has 0 spiro atoms. The molecule has 1 saturated carbocycles. The summed E-state index contributed by atoms with van der Waals surface area (Å²) in [5.74, 6) is 1.44. The fourth-order valence-corrected chi connectivity index (χ4v) is 4.82. The molecule has 0 bridgehead atoms. The second-order valence-electron chi connectivity index (χ2n) is 7.99. The molecule has 0 saturated heterocycles. The minimum absolute atomic E-state index is 0.0372. The highest BCUT2D eigenvalue weighted by molar-refractivity contribution is 7.89. The van der Waals surface area contributed by atoms with Gasteiger partial charge in [0.15, 0.2) is 11.5 Å². The molecule has 7 nitrogen and oxygen atoms in total. The molecular formula is C22H26N2O5S.